The molecule has 0 saturated heterocycles. The van der Waals surface area contributed by atoms with Gasteiger partial charge in [-0.25, -0.2) is 4.98 Å². The fraction of sp³-hybridized carbons (Fsp3) is 0.214. The normalized spacial score (nSPS) is 12.4. The van der Waals surface area contributed by atoms with Gasteiger partial charge in [0.1, 0.15) is 5.03 Å². The Kier molecular flexibility index (Phi) is 4.80. The van der Waals surface area contributed by atoms with E-state index in [0.29, 0.717) is 0 Å². The van der Waals surface area contributed by atoms with E-state index < -0.39 is 0 Å². The quantitative estimate of drug-likeness (QED) is 0.906. The number of aromatic nitrogens is 1. The van der Waals surface area contributed by atoms with Crippen LogP contribution in [0.4, 0.5) is 0 Å². The van der Waals surface area contributed by atoms with Gasteiger partial charge in [0, 0.05) is 17.1 Å². The molecule has 0 spiro atoms. The Balaban J connectivity index is 2.14. The summed E-state index contributed by atoms with van der Waals surface area (Å²) in [6, 6.07) is 12.4. The molecule has 2 nitrogen and oxygen atoms in total. The predicted molar refractivity (Wildman–Crippen MR) is 79.7 cm³/mol. The first-order valence-electron chi connectivity index (χ1n) is 5.84. The zero-order valence-corrected chi connectivity index (χ0v) is 12.5. The topological polar surface area (TPSA) is 38.9 Å². The molecular formula is C14H15BrN2S. The summed E-state index contributed by atoms with van der Waals surface area (Å²) in [5.41, 5.74) is 7.18. The van der Waals surface area contributed by atoms with E-state index in [1.807, 2.05) is 12.1 Å². The first-order chi connectivity index (χ1) is 8.70. The molecule has 4 heteroatoms. The van der Waals surface area contributed by atoms with Crippen molar-refractivity contribution in [2.75, 3.05) is 0 Å². The monoisotopic (exact) mass is 322 g/mol. The number of halogens is 1. The van der Waals surface area contributed by atoms with Crippen molar-refractivity contribution in [3.05, 3.63) is 52.6 Å². The molecular weight excluding hydrogens is 308 g/mol. The van der Waals surface area contributed by atoms with Crippen LogP contribution in [0.15, 0.2) is 57.0 Å². The van der Waals surface area contributed by atoms with Crippen LogP contribution in [0.1, 0.15) is 24.9 Å². The molecule has 1 aromatic carbocycles. The van der Waals surface area contributed by atoms with Crippen LogP contribution < -0.4 is 5.73 Å². The van der Waals surface area contributed by atoms with Crippen LogP contribution in [-0.4, -0.2) is 4.98 Å². The summed E-state index contributed by atoms with van der Waals surface area (Å²) in [7, 11) is 0. The number of hydrogen-bond acceptors (Lipinski definition) is 3. The summed E-state index contributed by atoms with van der Waals surface area (Å²) in [5, 5.41) is 0.977. The maximum absolute atomic E-state index is 5.99. The van der Waals surface area contributed by atoms with Gasteiger partial charge in [0.15, 0.2) is 0 Å². The van der Waals surface area contributed by atoms with E-state index in [9.17, 15) is 0 Å². The molecule has 0 amide bonds. The molecule has 2 aromatic rings. The minimum absolute atomic E-state index is 0.130. The number of nitrogens with two attached hydrogens (primary N) is 1. The summed E-state index contributed by atoms with van der Waals surface area (Å²) < 4.78 is 1.02. The average molecular weight is 323 g/mol. The number of benzene rings is 1. The van der Waals surface area contributed by atoms with Crippen molar-refractivity contribution in [3.8, 4) is 0 Å². The molecule has 1 aromatic heterocycles. The fourth-order valence-electron chi connectivity index (χ4n) is 1.58. The molecule has 1 atom stereocenters. The summed E-state index contributed by atoms with van der Waals surface area (Å²) in [6.45, 7) is 2.10. The molecule has 18 heavy (non-hydrogen) atoms. The van der Waals surface area contributed by atoms with E-state index in [-0.39, 0.29) is 6.04 Å². The van der Waals surface area contributed by atoms with Gasteiger partial charge in [0.2, 0.25) is 0 Å². The fourth-order valence-corrected chi connectivity index (χ4v) is 2.85. The van der Waals surface area contributed by atoms with E-state index in [0.717, 1.165) is 15.9 Å². The second-order valence-electron chi connectivity index (χ2n) is 3.98. The van der Waals surface area contributed by atoms with Crippen LogP contribution in [0.5, 0.6) is 0 Å². The molecule has 0 aliphatic rings. The van der Waals surface area contributed by atoms with Crippen molar-refractivity contribution in [2.24, 2.45) is 5.73 Å². The van der Waals surface area contributed by atoms with Crippen molar-refractivity contribution in [1.82, 2.24) is 4.98 Å². The van der Waals surface area contributed by atoms with Gasteiger partial charge in [-0.05, 0) is 52.2 Å². The van der Waals surface area contributed by atoms with Crippen molar-refractivity contribution in [1.29, 1.82) is 0 Å². The lowest BCUT2D eigenvalue weighted by Gasteiger charge is -2.09. The Morgan fingerprint density at radius 1 is 1.28 bits per heavy atom. The zero-order chi connectivity index (χ0) is 13.0. The molecule has 2 rings (SSSR count). The van der Waals surface area contributed by atoms with Crippen LogP contribution in [-0.2, 0) is 0 Å². The highest BCUT2D eigenvalue weighted by atomic mass is 79.9. The van der Waals surface area contributed by atoms with Crippen LogP contribution >= 0.6 is 27.7 Å². The van der Waals surface area contributed by atoms with E-state index in [1.165, 1.54) is 10.5 Å². The molecule has 2 N–H and O–H groups in total. The highest BCUT2D eigenvalue weighted by Crippen LogP contribution is 2.31. The molecule has 1 unspecified atom stereocenters. The summed E-state index contributed by atoms with van der Waals surface area (Å²) in [4.78, 5) is 5.51. The highest BCUT2D eigenvalue weighted by molar-refractivity contribution is 9.10. The maximum Gasteiger partial charge on any atom is 0.115 e. The molecule has 0 bridgehead atoms. The average Bonchev–Trinajstić information content (AvgIpc) is 2.41. The molecule has 0 aliphatic carbocycles. The first kappa shape index (κ1) is 13.6. The third-order valence-corrected chi connectivity index (χ3v) is 4.62. The first-order valence-corrected chi connectivity index (χ1v) is 7.45. The van der Waals surface area contributed by atoms with Gasteiger partial charge in [-0.3, -0.25) is 0 Å². The van der Waals surface area contributed by atoms with Crippen LogP contribution in [0, 0.1) is 0 Å². The molecule has 94 valence electrons. The van der Waals surface area contributed by atoms with Crippen LogP contribution in [0.3, 0.4) is 0 Å². The van der Waals surface area contributed by atoms with Crippen molar-refractivity contribution in [3.63, 3.8) is 0 Å². The minimum Gasteiger partial charge on any atom is -0.324 e. The summed E-state index contributed by atoms with van der Waals surface area (Å²) in [6.07, 6.45) is 2.76. The van der Waals surface area contributed by atoms with Gasteiger partial charge in [-0.15, -0.1) is 0 Å². The van der Waals surface area contributed by atoms with Gasteiger partial charge in [-0.2, -0.15) is 0 Å². The van der Waals surface area contributed by atoms with Crippen molar-refractivity contribution in [2.45, 2.75) is 29.3 Å². The van der Waals surface area contributed by atoms with Gasteiger partial charge < -0.3 is 5.73 Å². The number of rotatable bonds is 4. The number of pyridine rings is 1. The van der Waals surface area contributed by atoms with Gasteiger partial charge in [0.25, 0.3) is 0 Å². The third kappa shape index (κ3) is 3.34. The van der Waals surface area contributed by atoms with E-state index in [2.05, 4.69) is 52.1 Å². The zero-order valence-electron chi connectivity index (χ0n) is 10.1. The lowest BCUT2D eigenvalue weighted by molar-refractivity contribution is 0.698. The second kappa shape index (κ2) is 6.36. The number of hydrogen-bond donors (Lipinski definition) is 1. The van der Waals surface area contributed by atoms with Crippen molar-refractivity contribution < 1.29 is 0 Å². The largest absolute Gasteiger partial charge is 0.324 e. The van der Waals surface area contributed by atoms with Crippen LogP contribution in [0.2, 0.25) is 0 Å². The maximum atomic E-state index is 5.99. The van der Waals surface area contributed by atoms with Crippen LogP contribution in [0.25, 0.3) is 0 Å². The SMILES string of the molecule is CCC(N)c1ccc(Sc2ncccc2Br)cc1. The standard InChI is InChI=1S/C14H15BrN2S/c1-2-13(16)10-5-7-11(8-6-10)18-14-12(15)4-3-9-17-14/h3-9,13H,2,16H2,1H3. The smallest absolute Gasteiger partial charge is 0.115 e. The van der Waals surface area contributed by atoms with E-state index in [1.54, 1.807) is 18.0 Å². The molecule has 1 heterocycles. The predicted octanol–water partition coefficient (Wildman–Crippen LogP) is 4.41. The lowest BCUT2D eigenvalue weighted by atomic mass is 10.1. The Hall–Kier alpha value is -0.840. The summed E-state index contributed by atoms with van der Waals surface area (Å²) >= 11 is 5.14. The highest BCUT2D eigenvalue weighted by Gasteiger charge is 2.05. The third-order valence-electron chi connectivity index (χ3n) is 2.69. The Morgan fingerprint density at radius 2 is 2.00 bits per heavy atom. The molecule has 0 radical (unpaired) electrons. The number of nitrogens with zero attached hydrogens (tertiary/aromatic N) is 1. The molecule has 0 fully saturated rings. The van der Waals surface area contributed by atoms with Gasteiger partial charge >= 0.3 is 0 Å². The Bertz CT molecular complexity index is 513. The minimum atomic E-state index is 0.130. The van der Waals surface area contributed by atoms with Crippen molar-refractivity contribution >= 4 is 27.7 Å². The van der Waals surface area contributed by atoms with E-state index in [4.69, 9.17) is 5.73 Å². The summed E-state index contributed by atoms with van der Waals surface area (Å²) in [5.74, 6) is 0. The van der Waals surface area contributed by atoms with Gasteiger partial charge in [-0.1, -0.05) is 30.8 Å². The lowest BCUT2D eigenvalue weighted by Crippen LogP contribution is -2.07. The van der Waals surface area contributed by atoms with Gasteiger partial charge in [0.05, 0.1) is 4.47 Å². The Labute approximate surface area is 120 Å². The molecule has 0 saturated carbocycles. The second-order valence-corrected chi connectivity index (χ2v) is 5.89. The van der Waals surface area contributed by atoms with E-state index >= 15 is 0 Å². The molecule has 0 aliphatic heterocycles. The Morgan fingerprint density at radius 3 is 2.61 bits per heavy atom.